The number of halogens is 1. The van der Waals surface area contributed by atoms with Crippen LogP contribution < -0.4 is 15.4 Å². The minimum atomic E-state index is -0.521. The number of nitrogens with two attached hydrogens (primary N) is 1. The maximum Gasteiger partial charge on any atom is 0.247 e. The minimum Gasteiger partial charge on any atom is -0.494 e. The molecular weight excluding hydrogens is 300 g/mol. The fraction of sp³-hybridized carbons (Fsp3) is 0.235. The first-order chi connectivity index (χ1) is 10.6. The Labute approximate surface area is 134 Å². The molecule has 0 unspecified atom stereocenters. The van der Waals surface area contributed by atoms with Gasteiger partial charge in [-0.3, -0.25) is 4.79 Å². The van der Waals surface area contributed by atoms with E-state index in [9.17, 15) is 4.79 Å². The van der Waals surface area contributed by atoms with Crippen LogP contribution in [-0.2, 0) is 4.79 Å². The molecule has 2 aromatic rings. The first kappa shape index (κ1) is 14.9. The van der Waals surface area contributed by atoms with Gasteiger partial charge in [0.1, 0.15) is 11.8 Å². The molecule has 0 aromatic heterocycles. The molecule has 2 aromatic carbocycles. The molecule has 1 aliphatic heterocycles. The van der Waals surface area contributed by atoms with Gasteiger partial charge >= 0.3 is 0 Å². The molecule has 4 nitrogen and oxygen atoms in total. The second-order valence-electron chi connectivity index (χ2n) is 5.16. The number of carbonyl (C=O) groups is 1. The van der Waals surface area contributed by atoms with Gasteiger partial charge in [-0.05, 0) is 48.9 Å². The van der Waals surface area contributed by atoms with Gasteiger partial charge in [0.05, 0.1) is 12.6 Å². The molecule has 0 saturated carbocycles. The fourth-order valence-corrected chi connectivity index (χ4v) is 2.81. The Morgan fingerprint density at radius 2 is 1.77 bits per heavy atom. The third-order valence-electron chi connectivity index (χ3n) is 3.78. The summed E-state index contributed by atoms with van der Waals surface area (Å²) < 4.78 is 5.42. The summed E-state index contributed by atoms with van der Waals surface area (Å²) in [4.78, 5) is 13.9. The number of hydrogen-bond acceptors (Lipinski definition) is 3. The van der Waals surface area contributed by atoms with Crippen LogP contribution in [0.25, 0.3) is 0 Å². The highest BCUT2D eigenvalue weighted by atomic mass is 35.5. The Kier molecular flexibility index (Phi) is 4.05. The average Bonchev–Trinajstić information content (AvgIpc) is 2.54. The van der Waals surface area contributed by atoms with Crippen molar-refractivity contribution in [3.8, 4) is 5.75 Å². The van der Waals surface area contributed by atoms with Crippen molar-refractivity contribution in [3.05, 3.63) is 59.1 Å². The van der Waals surface area contributed by atoms with Gasteiger partial charge in [0.2, 0.25) is 5.91 Å². The Bertz CT molecular complexity index is 670. The van der Waals surface area contributed by atoms with E-state index in [1.165, 1.54) is 0 Å². The van der Waals surface area contributed by atoms with Crippen LogP contribution in [-0.4, -0.2) is 18.6 Å². The Morgan fingerprint density at radius 3 is 2.36 bits per heavy atom. The molecule has 1 saturated heterocycles. The zero-order valence-corrected chi connectivity index (χ0v) is 13.0. The quantitative estimate of drug-likeness (QED) is 0.882. The lowest BCUT2D eigenvalue weighted by molar-refractivity contribution is -0.126. The van der Waals surface area contributed by atoms with Crippen LogP contribution in [0.5, 0.6) is 5.75 Å². The van der Waals surface area contributed by atoms with Gasteiger partial charge in [-0.1, -0.05) is 23.7 Å². The van der Waals surface area contributed by atoms with Gasteiger partial charge in [0, 0.05) is 10.7 Å². The summed E-state index contributed by atoms with van der Waals surface area (Å²) >= 11 is 5.92. The molecule has 22 heavy (non-hydrogen) atoms. The fourth-order valence-electron chi connectivity index (χ4n) is 2.69. The monoisotopic (exact) mass is 316 g/mol. The summed E-state index contributed by atoms with van der Waals surface area (Å²) in [5, 5.41) is 0.663. The molecule has 2 atom stereocenters. The first-order valence-corrected chi connectivity index (χ1v) is 7.56. The van der Waals surface area contributed by atoms with E-state index < -0.39 is 6.04 Å². The van der Waals surface area contributed by atoms with Gasteiger partial charge in [-0.15, -0.1) is 0 Å². The first-order valence-electron chi connectivity index (χ1n) is 7.19. The average molecular weight is 317 g/mol. The van der Waals surface area contributed by atoms with Crippen LogP contribution >= 0.6 is 11.6 Å². The maximum absolute atomic E-state index is 12.2. The van der Waals surface area contributed by atoms with E-state index in [1.54, 1.807) is 4.90 Å². The molecule has 2 N–H and O–H groups in total. The predicted molar refractivity (Wildman–Crippen MR) is 87.3 cm³/mol. The van der Waals surface area contributed by atoms with Gasteiger partial charge in [0.15, 0.2) is 0 Å². The smallest absolute Gasteiger partial charge is 0.247 e. The number of carbonyl (C=O) groups excluding carboxylic acids is 1. The molecule has 1 fully saturated rings. The summed E-state index contributed by atoms with van der Waals surface area (Å²) in [5.74, 6) is 0.704. The van der Waals surface area contributed by atoms with Crippen LogP contribution in [0.4, 0.5) is 5.69 Å². The van der Waals surface area contributed by atoms with Crippen molar-refractivity contribution >= 4 is 23.2 Å². The van der Waals surface area contributed by atoms with Crippen LogP contribution in [0.15, 0.2) is 48.5 Å². The lowest BCUT2D eigenvalue weighted by Crippen LogP contribution is -2.63. The molecular formula is C17H17ClN2O2. The van der Waals surface area contributed by atoms with E-state index in [0.29, 0.717) is 11.6 Å². The molecule has 1 amide bonds. The van der Waals surface area contributed by atoms with Crippen molar-refractivity contribution in [2.45, 2.75) is 19.0 Å². The highest BCUT2D eigenvalue weighted by Gasteiger charge is 2.46. The van der Waals surface area contributed by atoms with Crippen LogP contribution in [0, 0.1) is 0 Å². The van der Waals surface area contributed by atoms with Crippen LogP contribution in [0.1, 0.15) is 18.5 Å². The van der Waals surface area contributed by atoms with E-state index in [2.05, 4.69) is 0 Å². The van der Waals surface area contributed by atoms with Gasteiger partial charge < -0.3 is 15.4 Å². The maximum atomic E-state index is 12.2. The summed E-state index contributed by atoms with van der Waals surface area (Å²) in [6.07, 6.45) is 0. The molecule has 0 bridgehead atoms. The topological polar surface area (TPSA) is 55.6 Å². The third-order valence-corrected chi connectivity index (χ3v) is 4.03. The lowest BCUT2D eigenvalue weighted by Gasteiger charge is -2.45. The number of hydrogen-bond donors (Lipinski definition) is 1. The SMILES string of the molecule is CCOc1ccc(N2C(=O)[C@@H](N)[C@@H]2c2ccc(Cl)cc2)cc1. The summed E-state index contributed by atoms with van der Waals surface area (Å²) in [6.45, 7) is 2.54. The summed E-state index contributed by atoms with van der Waals surface area (Å²) in [7, 11) is 0. The minimum absolute atomic E-state index is 0.0795. The van der Waals surface area contributed by atoms with Gasteiger partial charge in [-0.25, -0.2) is 0 Å². The van der Waals surface area contributed by atoms with Crippen molar-refractivity contribution in [1.29, 1.82) is 0 Å². The third kappa shape index (κ3) is 2.56. The number of ether oxygens (including phenoxy) is 1. The summed E-state index contributed by atoms with van der Waals surface area (Å²) in [6, 6.07) is 14.2. The van der Waals surface area contributed by atoms with Crippen molar-refractivity contribution in [3.63, 3.8) is 0 Å². The van der Waals surface area contributed by atoms with E-state index in [-0.39, 0.29) is 11.9 Å². The number of anilines is 1. The molecule has 0 spiro atoms. The normalized spacial score (nSPS) is 20.7. The van der Waals surface area contributed by atoms with E-state index in [1.807, 2.05) is 55.5 Å². The highest BCUT2D eigenvalue weighted by molar-refractivity contribution is 6.30. The molecule has 3 rings (SSSR count). The standard InChI is InChI=1S/C17H17ClN2O2/c1-2-22-14-9-7-13(8-10-14)20-16(15(19)17(20)21)11-3-5-12(18)6-4-11/h3-10,15-16H,2,19H2,1H3/t15-,16-/m0/s1. The van der Waals surface area contributed by atoms with Gasteiger partial charge in [-0.2, -0.15) is 0 Å². The molecule has 1 heterocycles. The van der Waals surface area contributed by atoms with Crippen molar-refractivity contribution in [2.24, 2.45) is 5.73 Å². The lowest BCUT2D eigenvalue weighted by atomic mass is 9.88. The Hall–Kier alpha value is -2.04. The second kappa shape index (κ2) is 5.99. The van der Waals surface area contributed by atoms with E-state index >= 15 is 0 Å². The van der Waals surface area contributed by atoms with Crippen LogP contribution in [0.3, 0.4) is 0 Å². The Balaban J connectivity index is 1.87. The number of nitrogens with zero attached hydrogens (tertiary/aromatic N) is 1. The van der Waals surface area contributed by atoms with Crippen molar-refractivity contribution in [2.75, 3.05) is 11.5 Å². The number of β-lactam (4-membered cyclic amide) rings is 1. The zero-order valence-electron chi connectivity index (χ0n) is 12.2. The second-order valence-corrected chi connectivity index (χ2v) is 5.59. The predicted octanol–water partition coefficient (Wildman–Crippen LogP) is 3.15. The highest BCUT2D eigenvalue weighted by Crippen LogP contribution is 2.38. The van der Waals surface area contributed by atoms with Crippen molar-refractivity contribution in [1.82, 2.24) is 0 Å². The molecule has 0 radical (unpaired) electrons. The largest absolute Gasteiger partial charge is 0.494 e. The molecule has 1 aliphatic rings. The Morgan fingerprint density at radius 1 is 1.14 bits per heavy atom. The molecule has 114 valence electrons. The van der Waals surface area contributed by atoms with Crippen LogP contribution in [0.2, 0.25) is 5.02 Å². The van der Waals surface area contributed by atoms with E-state index in [4.69, 9.17) is 22.1 Å². The summed E-state index contributed by atoms with van der Waals surface area (Å²) in [5.41, 5.74) is 7.78. The number of benzene rings is 2. The molecule has 0 aliphatic carbocycles. The van der Waals surface area contributed by atoms with Crippen molar-refractivity contribution < 1.29 is 9.53 Å². The number of amides is 1. The number of rotatable bonds is 4. The zero-order chi connectivity index (χ0) is 15.7. The van der Waals surface area contributed by atoms with E-state index in [0.717, 1.165) is 17.0 Å². The van der Waals surface area contributed by atoms with Gasteiger partial charge in [0.25, 0.3) is 0 Å². The molecule has 5 heteroatoms.